The van der Waals surface area contributed by atoms with Crippen LogP contribution in [0.4, 0.5) is 0 Å². The average molecular weight is 706 g/mol. The van der Waals surface area contributed by atoms with Crippen molar-refractivity contribution in [1.29, 1.82) is 0 Å². The fraction of sp³-hybridized carbons (Fsp3) is 0.718. The number of rotatable bonds is 7. The third-order valence-corrected chi connectivity index (χ3v) is 13.8. The van der Waals surface area contributed by atoms with Gasteiger partial charge >= 0.3 is 5.97 Å². The maximum atomic E-state index is 14.8. The van der Waals surface area contributed by atoms with Crippen molar-refractivity contribution in [3.05, 3.63) is 41.0 Å². The molecule has 1 aromatic rings. The zero-order valence-electron chi connectivity index (χ0n) is 29.9. The monoisotopic (exact) mass is 705 g/mol. The summed E-state index contributed by atoms with van der Waals surface area (Å²) in [6.45, 7) is 7.71. The Morgan fingerprint density at radius 3 is 2.65 bits per heavy atom. The van der Waals surface area contributed by atoms with Crippen LogP contribution in [0.25, 0.3) is 6.08 Å². The summed E-state index contributed by atoms with van der Waals surface area (Å²) < 4.78 is 24.0. The zero-order valence-corrected chi connectivity index (χ0v) is 29.9. The minimum atomic E-state index is -1.30. The molecule has 9 rings (SSSR count). The molecule has 12 heteroatoms. The number of nitrogens with zero attached hydrogens (tertiary/aromatic N) is 2. The Kier molecular flexibility index (Phi) is 8.21. The third-order valence-electron chi connectivity index (χ3n) is 13.8. The van der Waals surface area contributed by atoms with Gasteiger partial charge in [0, 0.05) is 19.5 Å². The number of aliphatic hydroxyl groups excluding tert-OH is 1. The van der Waals surface area contributed by atoms with Gasteiger partial charge in [-0.05, 0) is 80.2 Å². The fourth-order valence-electron chi connectivity index (χ4n) is 11.0. The van der Waals surface area contributed by atoms with Crippen LogP contribution in [0.3, 0.4) is 0 Å². The van der Waals surface area contributed by atoms with Crippen molar-refractivity contribution in [2.45, 2.75) is 127 Å². The van der Waals surface area contributed by atoms with E-state index in [1.165, 1.54) is 18.4 Å². The number of hydroxylamine groups is 2. The lowest BCUT2D eigenvalue weighted by atomic mass is 9.52. The van der Waals surface area contributed by atoms with Gasteiger partial charge in [-0.25, -0.2) is 0 Å². The predicted octanol–water partition coefficient (Wildman–Crippen LogP) is 3.10. The minimum absolute atomic E-state index is 0.0250. The van der Waals surface area contributed by atoms with Crippen molar-refractivity contribution in [2.24, 2.45) is 22.7 Å². The molecule has 5 heterocycles. The van der Waals surface area contributed by atoms with Gasteiger partial charge in [-0.15, -0.1) is 0 Å². The Morgan fingerprint density at radius 1 is 1.06 bits per heavy atom. The molecular weight excluding hydrogens is 654 g/mol. The summed E-state index contributed by atoms with van der Waals surface area (Å²) in [7, 11) is 0. The Morgan fingerprint density at radius 2 is 1.86 bits per heavy atom. The molecule has 3 aliphatic carbocycles. The maximum Gasteiger partial charge on any atom is 0.327 e. The van der Waals surface area contributed by atoms with Crippen molar-refractivity contribution < 1.29 is 43.3 Å². The number of esters is 1. The lowest BCUT2D eigenvalue weighted by Gasteiger charge is -2.53. The Balaban J connectivity index is 0.975. The standard InChI is InChI=1S/C39H51N3O9/c1-37(2)18-25-24(10-11-29-38(3,50-29)13-12-26(25)37)17-22-6-8-23(9-7-22)20-42-32-35(45)49-28-19-39(32,33(51-42)31-30(28)47-21-48-31)36(46)41-15-4-5-27(41)34(44)40-14-16-43/h6-9,17,25-33,43H,4-5,10-16,18-21H2,1-3H3,(H,40,44). The van der Waals surface area contributed by atoms with Crippen molar-refractivity contribution in [1.82, 2.24) is 15.3 Å². The smallest absolute Gasteiger partial charge is 0.327 e. The van der Waals surface area contributed by atoms with Crippen LogP contribution < -0.4 is 5.32 Å². The Labute approximate surface area is 299 Å². The Bertz CT molecular complexity index is 1610. The quantitative estimate of drug-likeness (QED) is 0.322. The number of fused-ring (bicyclic) bond motifs is 6. The van der Waals surface area contributed by atoms with Gasteiger partial charge in [0.25, 0.3) is 0 Å². The van der Waals surface area contributed by atoms with Crippen LogP contribution in [0.2, 0.25) is 0 Å². The van der Waals surface area contributed by atoms with E-state index in [9.17, 15) is 19.5 Å². The van der Waals surface area contributed by atoms with Crippen LogP contribution in [-0.4, -0.2) is 108 Å². The van der Waals surface area contributed by atoms with Gasteiger partial charge < -0.3 is 34.3 Å². The van der Waals surface area contributed by atoms with E-state index >= 15 is 0 Å². The summed E-state index contributed by atoms with van der Waals surface area (Å²) in [6.07, 6.45) is 7.27. The van der Waals surface area contributed by atoms with Crippen molar-refractivity contribution >= 4 is 23.9 Å². The third kappa shape index (κ3) is 5.42. The second-order valence-electron chi connectivity index (χ2n) is 17.1. The summed E-state index contributed by atoms with van der Waals surface area (Å²) in [5.74, 6) is 0.165. The molecule has 12 nitrogen and oxygen atoms in total. The molecule has 2 N–H and O–H groups in total. The molecule has 1 aromatic carbocycles. The van der Waals surface area contributed by atoms with Crippen molar-refractivity contribution in [3.63, 3.8) is 0 Å². The number of carbonyl (C=O) groups is 3. The first kappa shape index (κ1) is 33.9. The number of nitrogens with one attached hydrogen (secondary N) is 1. The van der Waals surface area contributed by atoms with E-state index in [4.69, 9.17) is 23.8 Å². The van der Waals surface area contributed by atoms with Gasteiger partial charge in [-0.1, -0.05) is 49.8 Å². The molecule has 276 valence electrons. The highest BCUT2D eigenvalue weighted by Gasteiger charge is 2.75. The van der Waals surface area contributed by atoms with E-state index in [0.717, 1.165) is 30.4 Å². The second-order valence-corrected chi connectivity index (χ2v) is 17.1. The first-order chi connectivity index (χ1) is 24.5. The van der Waals surface area contributed by atoms with Crippen LogP contribution in [0.1, 0.15) is 83.3 Å². The predicted molar refractivity (Wildman–Crippen MR) is 182 cm³/mol. The molecule has 11 unspecified atom stereocenters. The molecule has 2 bridgehead atoms. The van der Waals surface area contributed by atoms with E-state index < -0.39 is 47.9 Å². The number of ether oxygens (including phenoxy) is 4. The normalized spacial score (nSPS) is 42.8. The van der Waals surface area contributed by atoms with E-state index in [1.54, 1.807) is 9.96 Å². The van der Waals surface area contributed by atoms with Gasteiger partial charge in [0.15, 0.2) is 6.04 Å². The molecule has 0 radical (unpaired) electrons. The topological polar surface area (TPSA) is 139 Å². The van der Waals surface area contributed by atoms with Gasteiger partial charge in [-0.3, -0.25) is 19.2 Å². The number of likely N-dealkylation sites (tertiary alicyclic amines) is 1. The number of amides is 2. The first-order valence-electron chi connectivity index (χ1n) is 19.1. The molecule has 5 aliphatic heterocycles. The SMILES string of the molecule is CC1(C)CC2C(=Cc3ccc(CN4OC5C6OCOC6C6CC5(C(=O)N5CCCC5C(=O)NCCO)C4C(=O)O6)cc3)CCC3OC3(C)CCC21. The minimum Gasteiger partial charge on any atom is -0.458 e. The number of aliphatic hydroxyl groups is 1. The van der Waals surface area contributed by atoms with Crippen LogP contribution in [0.15, 0.2) is 29.8 Å². The molecule has 0 aromatic heterocycles. The maximum absolute atomic E-state index is 14.8. The lowest BCUT2D eigenvalue weighted by Crippen LogP contribution is -2.70. The lowest BCUT2D eigenvalue weighted by molar-refractivity contribution is -0.204. The van der Waals surface area contributed by atoms with Crippen LogP contribution in [-0.2, 0) is 44.7 Å². The van der Waals surface area contributed by atoms with Crippen LogP contribution >= 0.6 is 0 Å². The van der Waals surface area contributed by atoms with Gasteiger partial charge in [0.1, 0.15) is 42.7 Å². The number of epoxide rings is 1. The molecule has 3 saturated carbocycles. The molecule has 8 aliphatic rings. The highest BCUT2D eigenvalue weighted by molar-refractivity contribution is 5.96. The molecule has 11 atom stereocenters. The number of hydrogen-bond donors (Lipinski definition) is 2. The zero-order chi connectivity index (χ0) is 35.3. The molecule has 8 fully saturated rings. The van der Waals surface area contributed by atoms with Crippen molar-refractivity contribution in [2.75, 3.05) is 26.5 Å². The first-order valence-corrected chi connectivity index (χ1v) is 19.1. The highest BCUT2D eigenvalue weighted by atomic mass is 16.8. The second kappa shape index (κ2) is 12.3. The van der Waals surface area contributed by atoms with E-state index in [0.29, 0.717) is 42.7 Å². The van der Waals surface area contributed by atoms with Crippen LogP contribution in [0.5, 0.6) is 0 Å². The summed E-state index contributed by atoms with van der Waals surface area (Å²) in [6, 6.07) is 6.72. The molecule has 51 heavy (non-hydrogen) atoms. The van der Waals surface area contributed by atoms with Crippen molar-refractivity contribution in [3.8, 4) is 0 Å². The van der Waals surface area contributed by atoms with Gasteiger partial charge in [0.05, 0.1) is 24.9 Å². The largest absolute Gasteiger partial charge is 0.458 e. The molecular formula is C39H51N3O9. The number of allylic oxidation sites excluding steroid dienone is 1. The van der Waals surface area contributed by atoms with Crippen LogP contribution in [0, 0.1) is 22.7 Å². The van der Waals surface area contributed by atoms with Gasteiger partial charge in [0.2, 0.25) is 11.8 Å². The average Bonchev–Trinajstić information content (AvgIpc) is 3.57. The molecule has 0 spiro atoms. The summed E-state index contributed by atoms with van der Waals surface area (Å²) in [5, 5.41) is 13.6. The van der Waals surface area contributed by atoms with E-state index in [2.05, 4.69) is 56.4 Å². The highest BCUT2D eigenvalue weighted by Crippen LogP contribution is 2.60. The number of carbonyl (C=O) groups excluding carboxylic acids is 3. The van der Waals surface area contributed by atoms with E-state index in [1.807, 2.05) is 0 Å². The fourth-order valence-corrected chi connectivity index (χ4v) is 11.0. The molecule has 5 saturated heterocycles. The number of hydrogen-bond acceptors (Lipinski definition) is 10. The van der Waals surface area contributed by atoms with E-state index in [-0.39, 0.29) is 50.3 Å². The Hall–Kier alpha value is -2.87. The number of benzene rings is 1. The summed E-state index contributed by atoms with van der Waals surface area (Å²) in [4.78, 5) is 50.0. The molecule has 2 amide bonds. The van der Waals surface area contributed by atoms with Gasteiger partial charge in [-0.2, -0.15) is 5.06 Å². The summed E-state index contributed by atoms with van der Waals surface area (Å²) >= 11 is 0. The summed E-state index contributed by atoms with van der Waals surface area (Å²) in [5.41, 5.74) is 2.72.